The average Bonchev–Trinajstić information content (AvgIpc) is 2.92. The van der Waals surface area contributed by atoms with E-state index in [0.29, 0.717) is 25.9 Å². The van der Waals surface area contributed by atoms with Gasteiger partial charge in [0.15, 0.2) is 0 Å². The topological polar surface area (TPSA) is 81.1 Å². The highest BCUT2D eigenvalue weighted by molar-refractivity contribution is 5.78. The van der Waals surface area contributed by atoms with E-state index >= 15 is 0 Å². The summed E-state index contributed by atoms with van der Waals surface area (Å²) < 4.78 is 0. The van der Waals surface area contributed by atoms with Gasteiger partial charge >= 0.3 is 0 Å². The summed E-state index contributed by atoms with van der Waals surface area (Å²) >= 11 is 0. The molecule has 2 aliphatic rings. The molecule has 0 atom stereocenters. The molecule has 2 fully saturated rings. The van der Waals surface area contributed by atoms with Crippen LogP contribution in [0.1, 0.15) is 25.7 Å². The standard InChI is InChI=1S/2C6H11NO2/c2*8-5-4-7-3-1-2-6(7)9/h2*8H,1-5H2. The number of nitrogens with zero attached hydrogens (tertiary/aromatic N) is 2. The first kappa shape index (κ1) is 14.9. The van der Waals surface area contributed by atoms with Crippen molar-refractivity contribution in [1.29, 1.82) is 0 Å². The van der Waals surface area contributed by atoms with Gasteiger partial charge < -0.3 is 20.0 Å². The lowest BCUT2D eigenvalue weighted by atomic mass is 10.4. The molecule has 2 rings (SSSR count). The summed E-state index contributed by atoms with van der Waals surface area (Å²) in [7, 11) is 0. The first-order valence-electron chi connectivity index (χ1n) is 6.46. The highest BCUT2D eigenvalue weighted by Crippen LogP contribution is 2.08. The molecule has 0 aromatic rings. The number of aliphatic hydroxyl groups is 2. The van der Waals surface area contributed by atoms with Crippen molar-refractivity contribution < 1.29 is 19.8 Å². The molecule has 2 heterocycles. The molecule has 2 aliphatic heterocycles. The summed E-state index contributed by atoms with van der Waals surface area (Å²) in [5.41, 5.74) is 0. The molecule has 0 saturated carbocycles. The number of hydrogen-bond acceptors (Lipinski definition) is 4. The molecule has 6 heteroatoms. The molecule has 2 saturated heterocycles. The second-order valence-electron chi connectivity index (χ2n) is 4.42. The molecule has 0 bridgehead atoms. The van der Waals surface area contributed by atoms with Gasteiger partial charge in [0.05, 0.1) is 13.2 Å². The van der Waals surface area contributed by atoms with Gasteiger partial charge in [-0.1, -0.05) is 0 Å². The number of rotatable bonds is 4. The third-order valence-electron chi connectivity index (χ3n) is 3.08. The highest BCUT2D eigenvalue weighted by atomic mass is 16.3. The van der Waals surface area contributed by atoms with E-state index in [1.54, 1.807) is 9.80 Å². The summed E-state index contributed by atoms with van der Waals surface area (Å²) in [6, 6.07) is 0. The second-order valence-corrected chi connectivity index (χ2v) is 4.42. The summed E-state index contributed by atoms with van der Waals surface area (Å²) in [4.78, 5) is 24.9. The Bertz CT molecular complexity index is 255. The van der Waals surface area contributed by atoms with E-state index in [4.69, 9.17) is 10.2 Å². The third kappa shape index (κ3) is 4.62. The van der Waals surface area contributed by atoms with Crippen LogP contribution in [0.3, 0.4) is 0 Å². The van der Waals surface area contributed by atoms with E-state index in [-0.39, 0.29) is 25.0 Å². The number of carbonyl (C=O) groups excluding carboxylic acids is 2. The first-order valence-corrected chi connectivity index (χ1v) is 6.46. The monoisotopic (exact) mass is 258 g/mol. The van der Waals surface area contributed by atoms with Crippen LogP contribution in [0.25, 0.3) is 0 Å². The number of aliphatic hydroxyl groups excluding tert-OH is 2. The summed E-state index contributed by atoms with van der Waals surface area (Å²) in [6.45, 7) is 2.87. The molecule has 0 aromatic heterocycles. The van der Waals surface area contributed by atoms with Crippen LogP contribution in [0.4, 0.5) is 0 Å². The molecular weight excluding hydrogens is 236 g/mol. The Morgan fingerprint density at radius 1 is 0.833 bits per heavy atom. The van der Waals surface area contributed by atoms with Crippen LogP contribution in [-0.2, 0) is 9.59 Å². The third-order valence-corrected chi connectivity index (χ3v) is 3.08. The molecule has 6 nitrogen and oxygen atoms in total. The summed E-state index contributed by atoms with van der Waals surface area (Å²) in [5, 5.41) is 16.9. The van der Waals surface area contributed by atoms with Crippen molar-refractivity contribution in [2.45, 2.75) is 25.7 Å². The van der Waals surface area contributed by atoms with Crippen LogP contribution < -0.4 is 0 Å². The predicted octanol–water partition coefficient (Wildman–Crippen LogP) is -0.798. The zero-order chi connectivity index (χ0) is 13.4. The van der Waals surface area contributed by atoms with Crippen molar-refractivity contribution in [2.24, 2.45) is 0 Å². The minimum Gasteiger partial charge on any atom is -0.395 e. The van der Waals surface area contributed by atoms with Crippen molar-refractivity contribution in [1.82, 2.24) is 9.80 Å². The number of amides is 2. The van der Waals surface area contributed by atoms with Gasteiger partial charge in [0.25, 0.3) is 0 Å². The van der Waals surface area contributed by atoms with E-state index in [1.807, 2.05) is 0 Å². The van der Waals surface area contributed by atoms with Gasteiger partial charge in [0.1, 0.15) is 0 Å². The minimum atomic E-state index is 0.0890. The predicted molar refractivity (Wildman–Crippen MR) is 65.8 cm³/mol. The summed E-state index contributed by atoms with van der Waals surface area (Å²) in [6.07, 6.45) is 3.25. The van der Waals surface area contributed by atoms with Gasteiger partial charge in [-0.25, -0.2) is 0 Å². The van der Waals surface area contributed by atoms with E-state index < -0.39 is 0 Å². The Labute approximate surface area is 107 Å². The van der Waals surface area contributed by atoms with Crippen LogP contribution in [0, 0.1) is 0 Å². The number of β-amino-alcohol motifs (C(OH)–C–C–N with tert-alkyl or cyclic N) is 2. The maximum absolute atomic E-state index is 10.8. The second kappa shape index (κ2) is 8.05. The van der Waals surface area contributed by atoms with Crippen molar-refractivity contribution >= 4 is 11.8 Å². The smallest absolute Gasteiger partial charge is 0.222 e. The van der Waals surface area contributed by atoms with Gasteiger partial charge in [-0.2, -0.15) is 0 Å². The van der Waals surface area contributed by atoms with Crippen LogP contribution in [0.5, 0.6) is 0 Å². The molecule has 0 aliphatic carbocycles. The highest BCUT2D eigenvalue weighted by Gasteiger charge is 2.19. The lowest BCUT2D eigenvalue weighted by Crippen LogP contribution is -2.27. The van der Waals surface area contributed by atoms with Crippen molar-refractivity contribution in [3.8, 4) is 0 Å². The quantitative estimate of drug-likeness (QED) is 0.692. The van der Waals surface area contributed by atoms with E-state index in [2.05, 4.69) is 0 Å². The zero-order valence-corrected chi connectivity index (χ0v) is 10.7. The van der Waals surface area contributed by atoms with E-state index in [1.165, 1.54) is 0 Å². The molecule has 0 aromatic carbocycles. The maximum atomic E-state index is 10.8. The van der Waals surface area contributed by atoms with Gasteiger partial charge in [-0.3, -0.25) is 9.59 Å². The number of likely N-dealkylation sites (tertiary alicyclic amines) is 2. The summed E-state index contributed by atoms with van der Waals surface area (Å²) in [5.74, 6) is 0.369. The average molecular weight is 258 g/mol. The zero-order valence-electron chi connectivity index (χ0n) is 10.7. The molecule has 2 amide bonds. The number of hydrogen-bond donors (Lipinski definition) is 2. The van der Waals surface area contributed by atoms with Crippen molar-refractivity contribution in [2.75, 3.05) is 39.4 Å². The number of carbonyl (C=O) groups is 2. The lowest BCUT2D eigenvalue weighted by molar-refractivity contribution is -0.128. The first-order chi connectivity index (χ1) is 8.69. The molecule has 0 radical (unpaired) electrons. The van der Waals surface area contributed by atoms with Crippen LogP contribution in [-0.4, -0.2) is 71.2 Å². The fourth-order valence-corrected chi connectivity index (χ4v) is 2.12. The Morgan fingerprint density at radius 2 is 1.22 bits per heavy atom. The minimum absolute atomic E-state index is 0.0890. The van der Waals surface area contributed by atoms with E-state index in [0.717, 1.165) is 25.9 Å². The van der Waals surface area contributed by atoms with Crippen molar-refractivity contribution in [3.63, 3.8) is 0 Å². The molecule has 0 unspecified atom stereocenters. The SMILES string of the molecule is O=C1CCCN1CCO.O=C1CCCN1CCO. The Hall–Kier alpha value is -1.14. The Kier molecular flexibility index (Phi) is 6.67. The fraction of sp³-hybridized carbons (Fsp3) is 0.833. The van der Waals surface area contributed by atoms with E-state index in [9.17, 15) is 9.59 Å². The van der Waals surface area contributed by atoms with Crippen LogP contribution >= 0.6 is 0 Å². The molecule has 104 valence electrons. The van der Waals surface area contributed by atoms with Gasteiger partial charge in [-0.15, -0.1) is 0 Å². The molecule has 0 spiro atoms. The molecular formula is C12H22N2O4. The van der Waals surface area contributed by atoms with Gasteiger partial charge in [-0.05, 0) is 12.8 Å². The Morgan fingerprint density at radius 3 is 1.44 bits per heavy atom. The fourth-order valence-electron chi connectivity index (χ4n) is 2.12. The normalized spacial score (nSPS) is 19.2. The van der Waals surface area contributed by atoms with Crippen molar-refractivity contribution in [3.05, 3.63) is 0 Å². The van der Waals surface area contributed by atoms with Crippen LogP contribution in [0.2, 0.25) is 0 Å². The van der Waals surface area contributed by atoms with Crippen LogP contribution in [0.15, 0.2) is 0 Å². The Balaban J connectivity index is 0.000000180. The molecule has 2 N–H and O–H groups in total. The largest absolute Gasteiger partial charge is 0.395 e. The maximum Gasteiger partial charge on any atom is 0.222 e. The molecule has 18 heavy (non-hydrogen) atoms. The van der Waals surface area contributed by atoms with Gasteiger partial charge in [0, 0.05) is 39.0 Å². The van der Waals surface area contributed by atoms with Gasteiger partial charge in [0.2, 0.25) is 11.8 Å². The lowest BCUT2D eigenvalue weighted by Gasteiger charge is -2.11.